The van der Waals surface area contributed by atoms with Gasteiger partial charge in [0.15, 0.2) is 5.69 Å². The number of nitrogens with zero attached hydrogens (tertiary/aromatic N) is 2. The Bertz CT molecular complexity index is 1150. The maximum Gasteiger partial charge on any atom is 0.297 e. The number of carbonyl (C=O) groups excluding carboxylic acids is 1. The molecule has 2 heterocycles. The first-order valence-corrected chi connectivity index (χ1v) is 8.41. The predicted molar refractivity (Wildman–Crippen MR) is 101 cm³/mol. The van der Waals surface area contributed by atoms with E-state index < -0.39 is 5.91 Å². The van der Waals surface area contributed by atoms with Gasteiger partial charge in [0.05, 0.1) is 11.1 Å². The molecule has 2 aromatic heterocycles. The first kappa shape index (κ1) is 16.1. The number of H-pyrrole nitrogens is 2. The number of aromatic nitrogens is 2. The summed E-state index contributed by atoms with van der Waals surface area (Å²) in [6.45, 7) is 4.19. The van der Waals surface area contributed by atoms with Gasteiger partial charge in [0.1, 0.15) is 0 Å². The van der Waals surface area contributed by atoms with Crippen LogP contribution in [0.3, 0.4) is 0 Å². The van der Waals surface area contributed by atoms with Gasteiger partial charge >= 0.3 is 0 Å². The fourth-order valence-electron chi connectivity index (χ4n) is 3.04. The molecule has 3 N–H and O–H groups in total. The van der Waals surface area contributed by atoms with Crippen molar-refractivity contribution < 1.29 is 9.90 Å². The van der Waals surface area contributed by atoms with Gasteiger partial charge in [-0.1, -0.05) is 38.1 Å². The molecule has 0 spiro atoms. The van der Waals surface area contributed by atoms with Crippen LogP contribution >= 0.6 is 0 Å². The Morgan fingerprint density at radius 3 is 2.69 bits per heavy atom. The van der Waals surface area contributed by atoms with Crippen molar-refractivity contribution in [1.29, 1.82) is 0 Å². The molecule has 4 aromatic rings. The number of hydrogen-bond donors (Lipinski definition) is 3. The quantitative estimate of drug-likeness (QED) is 0.433. The summed E-state index contributed by atoms with van der Waals surface area (Å²) in [5, 5.41) is 19.6. The number of benzene rings is 2. The van der Waals surface area contributed by atoms with Crippen LogP contribution < -0.4 is 0 Å². The number of hydrogen-bond acceptors (Lipinski definition) is 3. The highest BCUT2D eigenvalue weighted by Crippen LogP contribution is 2.37. The van der Waals surface area contributed by atoms with Crippen LogP contribution in [0.4, 0.5) is 5.69 Å². The number of carbonyl (C=O) groups is 1. The Hall–Kier alpha value is -3.41. The molecule has 0 radical (unpaired) electrons. The first-order valence-electron chi connectivity index (χ1n) is 8.41. The molecular formula is C20H18N4O2. The van der Waals surface area contributed by atoms with Crippen LogP contribution in [-0.2, 0) is 0 Å². The van der Waals surface area contributed by atoms with Crippen molar-refractivity contribution in [3.63, 3.8) is 0 Å². The number of aromatic amines is 2. The van der Waals surface area contributed by atoms with Gasteiger partial charge in [0, 0.05) is 22.5 Å². The van der Waals surface area contributed by atoms with E-state index in [1.807, 2.05) is 42.5 Å². The van der Waals surface area contributed by atoms with Crippen molar-refractivity contribution in [3.8, 4) is 5.88 Å². The third-order valence-corrected chi connectivity index (χ3v) is 4.50. The van der Waals surface area contributed by atoms with E-state index in [1.165, 1.54) is 0 Å². The van der Waals surface area contributed by atoms with Gasteiger partial charge in [-0.05, 0) is 29.7 Å². The molecule has 0 aliphatic rings. The molecule has 6 nitrogen and oxygen atoms in total. The number of rotatable bonds is 3. The fraction of sp³-hybridized carbons (Fsp3) is 0.150. The Kier molecular flexibility index (Phi) is 3.80. The number of amides is 1. The van der Waals surface area contributed by atoms with Gasteiger partial charge in [0.25, 0.3) is 5.91 Å². The van der Waals surface area contributed by atoms with Crippen molar-refractivity contribution in [3.05, 3.63) is 59.8 Å². The number of fused-ring (bicyclic) bond motifs is 2. The summed E-state index contributed by atoms with van der Waals surface area (Å²) in [7, 11) is 0. The molecule has 0 atom stereocenters. The monoisotopic (exact) mass is 346 g/mol. The Labute approximate surface area is 149 Å². The third-order valence-electron chi connectivity index (χ3n) is 4.50. The van der Waals surface area contributed by atoms with Gasteiger partial charge in [-0.25, -0.2) is 0 Å². The second kappa shape index (κ2) is 6.15. The number of azo groups is 1. The summed E-state index contributed by atoms with van der Waals surface area (Å²) in [6, 6.07) is 13.4. The van der Waals surface area contributed by atoms with Crippen molar-refractivity contribution in [2.45, 2.75) is 19.8 Å². The van der Waals surface area contributed by atoms with E-state index in [0.717, 1.165) is 27.4 Å². The maximum absolute atomic E-state index is 12.5. The normalized spacial score (nSPS) is 12.0. The largest absolute Gasteiger partial charge is 0.493 e. The van der Waals surface area contributed by atoms with E-state index in [1.54, 1.807) is 6.20 Å². The second-order valence-electron chi connectivity index (χ2n) is 6.54. The molecule has 0 fully saturated rings. The van der Waals surface area contributed by atoms with Crippen LogP contribution in [0.25, 0.3) is 21.8 Å². The van der Waals surface area contributed by atoms with Gasteiger partial charge in [-0.3, -0.25) is 4.79 Å². The van der Waals surface area contributed by atoms with Gasteiger partial charge in [-0.15, -0.1) is 10.2 Å². The highest BCUT2D eigenvalue weighted by Gasteiger charge is 2.14. The summed E-state index contributed by atoms with van der Waals surface area (Å²) in [4.78, 5) is 18.4. The molecule has 0 bridgehead atoms. The van der Waals surface area contributed by atoms with Crippen molar-refractivity contribution in [1.82, 2.24) is 9.97 Å². The second-order valence-corrected chi connectivity index (χ2v) is 6.54. The lowest BCUT2D eigenvalue weighted by Crippen LogP contribution is -1.91. The maximum atomic E-state index is 12.5. The Morgan fingerprint density at radius 1 is 1.08 bits per heavy atom. The molecular weight excluding hydrogens is 328 g/mol. The molecule has 130 valence electrons. The van der Waals surface area contributed by atoms with E-state index in [9.17, 15) is 9.90 Å². The minimum atomic E-state index is -0.462. The summed E-state index contributed by atoms with van der Waals surface area (Å²) in [5.74, 6) is -0.221. The van der Waals surface area contributed by atoms with Crippen LogP contribution in [0.15, 0.2) is 58.9 Å². The summed E-state index contributed by atoms with van der Waals surface area (Å²) in [6.07, 6.45) is 1.62. The van der Waals surface area contributed by atoms with E-state index in [0.29, 0.717) is 11.5 Å². The molecule has 1 amide bonds. The van der Waals surface area contributed by atoms with E-state index >= 15 is 0 Å². The molecule has 4 rings (SSSR count). The van der Waals surface area contributed by atoms with Crippen molar-refractivity contribution in [2.75, 3.05) is 0 Å². The summed E-state index contributed by atoms with van der Waals surface area (Å²) in [5.41, 5.74) is 3.46. The molecule has 0 aliphatic carbocycles. The van der Waals surface area contributed by atoms with E-state index in [-0.39, 0.29) is 11.6 Å². The smallest absolute Gasteiger partial charge is 0.297 e. The SMILES string of the molecule is CC(C)c1ccc2[nH]c(O)c(N=NC(=O)c3c[nH]c4ccccc34)c2c1. The van der Waals surface area contributed by atoms with Crippen molar-refractivity contribution in [2.24, 2.45) is 10.2 Å². The lowest BCUT2D eigenvalue weighted by molar-refractivity contribution is 0.0996. The third kappa shape index (κ3) is 2.65. The lowest BCUT2D eigenvalue weighted by atomic mass is 10.0. The molecule has 0 aliphatic heterocycles. The lowest BCUT2D eigenvalue weighted by Gasteiger charge is -2.04. The Morgan fingerprint density at radius 2 is 1.88 bits per heavy atom. The molecule has 0 saturated heterocycles. The highest BCUT2D eigenvalue weighted by atomic mass is 16.3. The van der Waals surface area contributed by atoms with Crippen LogP contribution in [0.2, 0.25) is 0 Å². The van der Waals surface area contributed by atoms with Crippen LogP contribution in [0.5, 0.6) is 5.88 Å². The van der Waals surface area contributed by atoms with Gasteiger partial charge in [-0.2, -0.15) is 0 Å². The minimum absolute atomic E-state index is 0.101. The molecule has 2 aromatic carbocycles. The molecule has 6 heteroatoms. The highest BCUT2D eigenvalue weighted by molar-refractivity contribution is 6.07. The topological polar surface area (TPSA) is 93.6 Å². The van der Waals surface area contributed by atoms with Gasteiger partial charge in [0.2, 0.25) is 5.88 Å². The average Bonchev–Trinajstić information content (AvgIpc) is 3.19. The zero-order valence-corrected chi connectivity index (χ0v) is 14.4. The predicted octanol–water partition coefficient (Wildman–Crippen LogP) is 5.40. The molecule has 26 heavy (non-hydrogen) atoms. The summed E-state index contributed by atoms with van der Waals surface area (Å²) < 4.78 is 0. The molecule has 0 unspecified atom stereocenters. The minimum Gasteiger partial charge on any atom is -0.493 e. The first-order chi connectivity index (χ1) is 12.5. The van der Waals surface area contributed by atoms with Crippen LogP contribution in [0.1, 0.15) is 35.7 Å². The average molecular weight is 346 g/mol. The zero-order valence-electron chi connectivity index (χ0n) is 14.4. The van der Waals surface area contributed by atoms with E-state index in [2.05, 4.69) is 34.0 Å². The number of nitrogens with one attached hydrogen (secondary N) is 2. The fourth-order valence-corrected chi connectivity index (χ4v) is 3.04. The Balaban J connectivity index is 1.73. The van der Waals surface area contributed by atoms with Crippen LogP contribution in [-0.4, -0.2) is 21.0 Å². The zero-order chi connectivity index (χ0) is 18.3. The number of aromatic hydroxyl groups is 1. The van der Waals surface area contributed by atoms with Crippen molar-refractivity contribution >= 4 is 33.4 Å². The summed E-state index contributed by atoms with van der Waals surface area (Å²) >= 11 is 0. The number of para-hydroxylation sites is 1. The van der Waals surface area contributed by atoms with Crippen LogP contribution in [0, 0.1) is 0 Å². The van der Waals surface area contributed by atoms with E-state index in [4.69, 9.17) is 0 Å². The standard InChI is InChI=1S/C20H18N4O2/c1-11(2)12-7-8-17-14(9-12)18(20(26)22-17)23-24-19(25)15-10-21-16-6-4-3-5-13(15)16/h3-11,21-22,26H,1-2H3. The van der Waals surface area contributed by atoms with Gasteiger partial charge < -0.3 is 15.1 Å². The molecule has 0 saturated carbocycles.